The summed E-state index contributed by atoms with van der Waals surface area (Å²) < 4.78 is 4.89. The number of carbonyl (C=O) groups is 1. The Kier molecular flexibility index (Phi) is 6.49. The lowest BCUT2D eigenvalue weighted by molar-refractivity contribution is 0.0593. The molecule has 4 rings (SSSR count). The van der Waals surface area contributed by atoms with Crippen LogP contribution in [0.15, 0.2) is 60.7 Å². The minimum Gasteiger partial charge on any atom is -0.464 e. The smallest absolute Gasteiger partial charge is 0.358 e. The van der Waals surface area contributed by atoms with Crippen LogP contribution in [0.2, 0.25) is 5.02 Å². The molecule has 0 spiro atoms. The van der Waals surface area contributed by atoms with Crippen LogP contribution in [0.4, 0.5) is 5.82 Å². The van der Waals surface area contributed by atoms with Gasteiger partial charge in [0.2, 0.25) is 0 Å². The number of carbonyl (C=O) groups excluding carboxylic acids is 1. The van der Waals surface area contributed by atoms with Crippen molar-refractivity contribution in [3.63, 3.8) is 0 Å². The Morgan fingerprint density at radius 2 is 1.77 bits per heavy atom. The second-order valence-electron chi connectivity index (χ2n) is 7.63. The maximum atomic E-state index is 12.3. The van der Waals surface area contributed by atoms with Gasteiger partial charge in [-0.15, -0.1) is 0 Å². The summed E-state index contributed by atoms with van der Waals surface area (Å²) in [6, 6.07) is 19.3. The maximum Gasteiger partial charge on any atom is 0.358 e. The molecule has 1 unspecified atom stereocenters. The lowest BCUT2D eigenvalue weighted by atomic mass is 10.1. The van der Waals surface area contributed by atoms with Gasteiger partial charge in [0, 0.05) is 19.0 Å². The molecule has 1 N–H and O–H groups in total. The minimum absolute atomic E-state index is 0.0586. The second kappa shape index (κ2) is 9.45. The van der Waals surface area contributed by atoms with E-state index in [4.69, 9.17) is 21.3 Å². The summed E-state index contributed by atoms with van der Waals surface area (Å²) in [5, 5.41) is 11.0. The van der Waals surface area contributed by atoms with E-state index in [2.05, 4.69) is 4.98 Å². The molecule has 7 heteroatoms. The summed E-state index contributed by atoms with van der Waals surface area (Å²) in [4.78, 5) is 23.3. The van der Waals surface area contributed by atoms with Crippen LogP contribution in [0.25, 0.3) is 0 Å². The summed E-state index contributed by atoms with van der Waals surface area (Å²) in [5.74, 6) is 0.640. The van der Waals surface area contributed by atoms with Crippen molar-refractivity contribution in [2.24, 2.45) is 0 Å². The first-order valence-electron chi connectivity index (χ1n) is 10.2. The van der Waals surface area contributed by atoms with Crippen molar-refractivity contribution in [1.29, 1.82) is 0 Å². The number of rotatable bonds is 8. The molecule has 1 aromatic heterocycles. The third-order valence-corrected chi connectivity index (χ3v) is 5.61. The summed E-state index contributed by atoms with van der Waals surface area (Å²) in [5.41, 5.74) is 1.88. The predicted molar refractivity (Wildman–Crippen MR) is 119 cm³/mol. The molecular weight excluding hydrogens is 414 g/mol. The normalized spacial score (nSPS) is 14.2. The average molecular weight is 438 g/mol. The molecule has 6 nitrogen and oxygen atoms in total. The molecular formula is C24H24ClN3O3. The topological polar surface area (TPSA) is 75.5 Å². The lowest BCUT2D eigenvalue weighted by Gasteiger charge is -2.28. The zero-order valence-corrected chi connectivity index (χ0v) is 18.0. The standard InChI is InChI=1S/C24H24ClN3O3/c1-31-24(30)21-20(25)23(27-22(26-21)18-12-13-18)28(14-16-8-4-2-5-9-16)15-19(29)17-10-6-3-7-11-17/h2-11,18-19,29H,12-15H2,1H3. The highest BCUT2D eigenvalue weighted by Crippen LogP contribution is 2.40. The van der Waals surface area contributed by atoms with Gasteiger partial charge in [-0.25, -0.2) is 14.8 Å². The molecule has 1 aliphatic carbocycles. The van der Waals surface area contributed by atoms with Crippen LogP contribution in [-0.4, -0.2) is 34.7 Å². The van der Waals surface area contributed by atoms with E-state index in [1.54, 1.807) is 0 Å². The van der Waals surface area contributed by atoms with Crippen LogP contribution in [-0.2, 0) is 11.3 Å². The molecule has 0 radical (unpaired) electrons. The summed E-state index contributed by atoms with van der Waals surface area (Å²) >= 11 is 6.62. The summed E-state index contributed by atoms with van der Waals surface area (Å²) in [6.07, 6.45) is 1.20. The fraction of sp³-hybridized carbons (Fsp3) is 0.292. The fourth-order valence-electron chi connectivity index (χ4n) is 3.44. The van der Waals surface area contributed by atoms with Crippen molar-refractivity contribution in [3.05, 3.63) is 88.3 Å². The van der Waals surface area contributed by atoms with E-state index >= 15 is 0 Å². The van der Waals surface area contributed by atoms with Crippen molar-refractivity contribution in [2.75, 3.05) is 18.6 Å². The second-order valence-corrected chi connectivity index (χ2v) is 8.00. The highest BCUT2D eigenvalue weighted by molar-refractivity contribution is 6.35. The lowest BCUT2D eigenvalue weighted by Crippen LogP contribution is -2.30. The number of ether oxygens (including phenoxy) is 1. The maximum absolute atomic E-state index is 12.3. The molecule has 1 atom stereocenters. The van der Waals surface area contributed by atoms with Gasteiger partial charge >= 0.3 is 5.97 Å². The van der Waals surface area contributed by atoms with Gasteiger partial charge in [-0.2, -0.15) is 0 Å². The van der Waals surface area contributed by atoms with E-state index < -0.39 is 12.1 Å². The van der Waals surface area contributed by atoms with Gasteiger partial charge in [-0.3, -0.25) is 0 Å². The largest absolute Gasteiger partial charge is 0.464 e. The number of anilines is 1. The van der Waals surface area contributed by atoms with Crippen molar-refractivity contribution < 1.29 is 14.6 Å². The van der Waals surface area contributed by atoms with Crippen LogP contribution >= 0.6 is 11.6 Å². The van der Waals surface area contributed by atoms with E-state index in [-0.39, 0.29) is 23.2 Å². The van der Waals surface area contributed by atoms with E-state index in [1.165, 1.54) is 7.11 Å². The van der Waals surface area contributed by atoms with Gasteiger partial charge in [-0.05, 0) is 24.0 Å². The number of aliphatic hydroxyl groups is 1. The molecule has 0 saturated heterocycles. The number of benzene rings is 2. The number of methoxy groups -OCH3 is 1. The number of hydrogen-bond acceptors (Lipinski definition) is 6. The molecule has 31 heavy (non-hydrogen) atoms. The third kappa shape index (κ3) is 5.03. The van der Waals surface area contributed by atoms with Crippen molar-refractivity contribution >= 4 is 23.4 Å². The number of halogens is 1. The number of aliphatic hydroxyl groups excluding tert-OH is 1. The summed E-state index contributed by atoms with van der Waals surface area (Å²) in [7, 11) is 1.30. The molecule has 2 aromatic carbocycles. The van der Waals surface area contributed by atoms with Gasteiger partial charge < -0.3 is 14.7 Å². The Morgan fingerprint density at radius 1 is 1.13 bits per heavy atom. The number of nitrogens with zero attached hydrogens (tertiary/aromatic N) is 3. The van der Waals surface area contributed by atoms with Gasteiger partial charge in [0.05, 0.1) is 13.2 Å². The molecule has 160 valence electrons. The highest BCUT2D eigenvalue weighted by atomic mass is 35.5. The predicted octanol–water partition coefficient (Wildman–Crippen LogP) is 4.53. The first-order chi connectivity index (χ1) is 15.1. The van der Waals surface area contributed by atoms with E-state index in [0.717, 1.165) is 24.0 Å². The fourth-order valence-corrected chi connectivity index (χ4v) is 3.72. The quantitative estimate of drug-likeness (QED) is 0.521. The van der Waals surface area contributed by atoms with Gasteiger partial charge in [-0.1, -0.05) is 72.3 Å². The van der Waals surface area contributed by atoms with Gasteiger partial charge in [0.25, 0.3) is 0 Å². The van der Waals surface area contributed by atoms with Crippen LogP contribution in [0.1, 0.15) is 52.3 Å². The number of hydrogen-bond donors (Lipinski definition) is 1. The van der Waals surface area contributed by atoms with Crippen molar-refractivity contribution in [1.82, 2.24) is 9.97 Å². The van der Waals surface area contributed by atoms with Crippen LogP contribution in [0, 0.1) is 0 Å². The molecule has 1 saturated carbocycles. The molecule has 1 heterocycles. The molecule has 1 fully saturated rings. The Morgan fingerprint density at radius 3 is 2.39 bits per heavy atom. The van der Waals surface area contributed by atoms with Crippen LogP contribution < -0.4 is 4.90 Å². The van der Waals surface area contributed by atoms with Gasteiger partial charge in [0.15, 0.2) is 11.5 Å². The van der Waals surface area contributed by atoms with E-state index in [9.17, 15) is 9.90 Å². The first-order valence-corrected chi connectivity index (χ1v) is 10.6. The molecule has 0 bridgehead atoms. The Balaban J connectivity index is 1.75. The Labute approximate surface area is 186 Å². The number of aromatic nitrogens is 2. The average Bonchev–Trinajstić information content (AvgIpc) is 3.65. The Bertz CT molecular complexity index is 1040. The van der Waals surface area contributed by atoms with Crippen molar-refractivity contribution in [3.8, 4) is 0 Å². The summed E-state index contributed by atoms with van der Waals surface area (Å²) in [6.45, 7) is 0.715. The van der Waals surface area contributed by atoms with Crippen molar-refractivity contribution in [2.45, 2.75) is 31.4 Å². The highest BCUT2D eigenvalue weighted by Gasteiger charge is 2.32. The van der Waals surface area contributed by atoms with E-state index in [1.807, 2.05) is 65.6 Å². The third-order valence-electron chi connectivity index (χ3n) is 5.27. The molecule has 0 aliphatic heterocycles. The molecule has 0 amide bonds. The Hall–Kier alpha value is -2.96. The zero-order valence-electron chi connectivity index (χ0n) is 17.2. The van der Waals surface area contributed by atoms with Gasteiger partial charge in [0.1, 0.15) is 10.8 Å². The van der Waals surface area contributed by atoms with E-state index in [0.29, 0.717) is 18.2 Å². The zero-order chi connectivity index (χ0) is 21.8. The SMILES string of the molecule is COC(=O)c1nc(C2CC2)nc(N(Cc2ccccc2)CC(O)c2ccccc2)c1Cl. The monoisotopic (exact) mass is 437 g/mol. The molecule has 1 aliphatic rings. The minimum atomic E-state index is -0.762. The first kappa shape index (κ1) is 21.3. The number of esters is 1. The molecule has 3 aromatic rings. The van der Waals surface area contributed by atoms with Crippen LogP contribution in [0.5, 0.6) is 0 Å². The van der Waals surface area contributed by atoms with Crippen LogP contribution in [0.3, 0.4) is 0 Å².